The van der Waals surface area contributed by atoms with Crippen molar-refractivity contribution in [3.8, 4) is 28.0 Å². The van der Waals surface area contributed by atoms with Crippen LogP contribution in [0.2, 0.25) is 0 Å². The van der Waals surface area contributed by atoms with E-state index < -0.39 is 11.6 Å². The molecule has 0 unspecified atom stereocenters. The monoisotopic (exact) mass is 548 g/mol. The zero-order valence-electron chi connectivity index (χ0n) is 24.0. The normalized spacial score (nSPS) is 17.4. The number of ether oxygens (including phenoxy) is 1. The zero-order valence-corrected chi connectivity index (χ0v) is 24.0. The van der Waals surface area contributed by atoms with E-state index in [9.17, 15) is 8.78 Å². The van der Waals surface area contributed by atoms with Gasteiger partial charge in [0, 0.05) is 11.1 Å². The molecule has 40 heavy (non-hydrogen) atoms. The second-order valence-electron chi connectivity index (χ2n) is 11.2. The van der Waals surface area contributed by atoms with Gasteiger partial charge in [-0.05, 0) is 85.8 Å². The number of hydrogen-bond acceptors (Lipinski definition) is 1. The summed E-state index contributed by atoms with van der Waals surface area (Å²) in [5.74, 6) is -1.16. The predicted molar refractivity (Wildman–Crippen MR) is 160 cm³/mol. The minimum absolute atomic E-state index is 0.0543. The lowest BCUT2D eigenvalue weighted by atomic mass is 9.78. The van der Waals surface area contributed by atoms with Crippen LogP contribution < -0.4 is 4.74 Å². The second-order valence-corrected chi connectivity index (χ2v) is 11.2. The van der Waals surface area contributed by atoms with Crippen LogP contribution in [0.4, 0.5) is 13.2 Å². The maximum atomic E-state index is 15.2. The van der Waals surface area contributed by atoms with Gasteiger partial charge in [0.25, 0.3) is 0 Å². The van der Waals surface area contributed by atoms with Gasteiger partial charge in [-0.3, -0.25) is 0 Å². The van der Waals surface area contributed by atoms with Crippen LogP contribution in [0.1, 0.15) is 96.0 Å². The zero-order chi connectivity index (χ0) is 28.3. The smallest absolute Gasteiger partial charge is 0.201 e. The first-order chi connectivity index (χ1) is 19.5. The number of rotatable bonds is 13. The van der Waals surface area contributed by atoms with Crippen LogP contribution in [0.25, 0.3) is 22.3 Å². The van der Waals surface area contributed by atoms with E-state index in [0.717, 1.165) is 50.5 Å². The van der Waals surface area contributed by atoms with E-state index in [4.69, 9.17) is 4.74 Å². The first kappa shape index (κ1) is 30.0. The maximum absolute atomic E-state index is 15.2. The lowest BCUT2D eigenvalue weighted by Crippen LogP contribution is -2.12. The largest absolute Gasteiger partial charge is 0.490 e. The Morgan fingerprint density at radius 3 is 2.00 bits per heavy atom. The lowest BCUT2D eigenvalue weighted by Gasteiger charge is -2.27. The van der Waals surface area contributed by atoms with E-state index in [0.29, 0.717) is 35.1 Å². The minimum Gasteiger partial charge on any atom is -0.490 e. The second kappa shape index (κ2) is 15.1. The molecule has 0 heterocycles. The van der Waals surface area contributed by atoms with Crippen LogP contribution in [0.3, 0.4) is 0 Å². The predicted octanol–water partition coefficient (Wildman–Crippen LogP) is 11.4. The van der Waals surface area contributed by atoms with Crippen molar-refractivity contribution < 1.29 is 17.9 Å². The van der Waals surface area contributed by atoms with Crippen LogP contribution in [0, 0.1) is 23.4 Å². The quantitative estimate of drug-likeness (QED) is 0.152. The molecule has 3 aromatic carbocycles. The molecule has 4 heteroatoms. The van der Waals surface area contributed by atoms with E-state index >= 15 is 4.39 Å². The van der Waals surface area contributed by atoms with E-state index in [2.05, 4.69) is 26.0 Å². The van der Waals surface area contributed by atoms with Gasteiger partial charge >= 0.3 is 0 Å². The Morgan fingerprint density at radius 1 is 0.725 bits per heavy atom. The summed E-state index contributed by atoms with van der Waals surface area (Å²) in [6.45, 7) is 4.63. The summed E-state index contributed by atoms with van der Waals surface area (Å²) in [5, 5.41) is 0. The number of hydrogen-bond donors (Lipinski definition) is 0. The molecule has 0 N–H and O–H groups in total. The van der Waals surface area contributed by atoms with Crippen molar-refractivity contribution in [1.29, 1.82) is 0 Å². The molecule has 4 rings (SSSR count). The highest BCUT2D eigenvalue weighted by atomic mass is 19.2. The molecule has 0 aliphatic heterocycles. The minimum atomic E-state index is -0.967. The molecule has 1 aliphatic rings. The SMILES string of the molecule is C/C=C/C1CCC(c2ccc(-c3ccc(-c4ccc(OCCCCCCCCC)c(F)c4F)cc3)c(F)c2)CC1. The van der Waals surface area contributed by atoms with Gasteiger partial charge in [-0.1, -0.05) is 94.0 Å². The summed E-state index contributed by atoms with van der Waals surface area (Å²) in [5.41, 5.74) is 2.98. The highest BCUT2D eigenvalue weighted by Crippen LogP contribution is 2.38. The molecule has 0 spiro atoms. The van der Waals surface area contributed by atoms with Gasteiger partial charge in [0.15, 0.2) is 11.6 Å². The number of halogens is 3. The van der Waals surface area contributed by atoms with Crippen LogP contribution in [-0.4, -0.2) is 6.61 Å². The Balaban J connectivity index is 1.36. The average Bonchev–Trinajstić information content (AvgIpc) is 2.97. The summed E-state index contributed by atoms with van der Waals surface area (Å²) in [7, 11) is 0. The van der Waals surface area contributed by atoms with E-state index in [-0.39, 0.29) is 17.1 Å². The van der Waals surface area contributed by atoms with Crippen LogP contribution >= 0.6 is 0 Å². The summed E-state index contributed by atoms with van der Waals surface area (Å²) >= 11 is 0. The number of allylic oxidation sites excluding steroid dienone is 2. The highest BCUT2D eigenvalue weighted by Gasteiger charge is 2.22. The molecule has 0 radical (unpaired) electrons. The van der Waals surface area contributed by atoms with Crippen LogP contribution in [0.15, 0.2) is 66.7 Å². The Hall–Kier alpha value is -3.01. The van der Waals surface area contributed by atoms with Crippen molar-refractivity contribution in [2.24, 2.45) is 5.92 Å². The standard InChI is InChI=1S/C36H43F3O/c1-3-5-6-7-8-9-10-24-40-34-23-22-32(35(38)36(34)39)29-18-16-28(17-19-29)31-21-20-30(25-33(31)37)27-14-12-26(11-4-2)13-15-27/h4,11,16-23,25-27H,3,5-10,12-15,24H2,1-2H3/b11-4+. The fourth-order valence-electron chi connectivity index (χ4n) is 5.87. The molecule has 0 bridgehead atoms. The first-order valence-electron chi connectivity index (χ1n) is 15.2. The van der Waals surface area contributed by atoms with Crippen molar-refractivity contribution >= 4 is 0 Å². The molecule has 1 nitrogen and oxygen atoms in total. The Kier molecular flexibility index (Phi) is 11.3. The van der Waals surface area contributed by atoms with Gasteiger partial charge in [-0.25, -0.2) is 8.78 Å². The van der Waals surface area contributed by atoms with Gasteiger partial charge < -0.3 is 4.74 Å². The third-order valence-corrected chi connectivity index (χ3v) is 8.26. The topological polar surface area (TPSA) is 9.23 Å². The summed E-state index contributed by atoms with van der Waals surface area (Å²) in [6.07, 6.45) is 16.8. The van der Waals surface area contributed by atoms with Gasteiger partial charge in [0.05, 0.1) is 6.61 Å². The Morgan fingerprint density at radius 2 is 1.35 bits per heavy atom. The van der Waals surface area contributed by atoms with E-state index in [1.54, 1.807) is 36.4 Å². The third kappa shape index (κ3) is 7.80. The molecule has 0 atom stereocenters. The highest BCUT2D eigenvalue weighted by molar-refractivity contribution is 5.71. The molecular formula is C36H43F3O. The number of unbranched alkanes of at least 4 members (excludes halogenated alkanes) is 6. The fraction of sp³-hybridized carbons (Fsp3) is 0.444. The Bertz CT molecular complexity index is 1240. The fourth-order valence-corrected chi connectivity index (χ4v) is 5.87. The molecule has 1 aliphatic carbocycles. The van der Waals surface area contributed by atoms with Crippen molar-refractivity contribution in [3.05, 3.63) is 89.8 Å². The molecule has 1 fully saturated rings. The van der Waals surface area contributed by atoms with E-state index in [1.165, 1.54) is 31.7 Å². The number of benzene rings is 3. The lowest BCUT2D eigenvalue weighted by molar-refractivity contribution is 0.285. The van der Waals surface area contributed by atoms with Gasteiger partial charge in [0.2, 0.25) is 5.82 Å². The molecule has 1 saturated carbocycles. The first-order valence-corrected chi connectivity index (χ1v) is 15.2. The molecule has 0 saturated heterocycles. The van der Waals surface area contributed by atoms with Crippen molar-refractivity contribution in [2.75, 3.05) is 6.61 Å². The average molecular weight is 549 g/mol. The molecular weight excluding hydrogens is 505 g/mol. The van der Waals surface area contributed by atoms with Gasteiger partial charge in [-0.2, -0.15) is 4.39 Å². The Labute approximate surface area is 238 Å². The maximum Gasteiger partial charge on any atom is 0.201 e. The van der Waals surface area contributed by atoms with Crippen LogP contribution in [0.5, 0.6) is 5.75 Å². The van der Waals surface area contributed by atoms with Crippen molar-refractivity contribution in [3.63, 3.8) is 0 Å². The summed E-state index contributed by atoms with van der Waals surface area (Å²) < 4.78 is 50.4. The molecule has 3 aromatic rings. The van der Waals surface area contributed by atoms with Crippen molar-refractivity contribution in [2.45, 2.75) is 90.4 Å². The van der Waals surface area contributed by atoms with E-state index in [1.807, 2.05) is 12.1 Å². The van der Waals surface area contributed by atoms with Crippen LogP contribution in [-0.2, 0) is 0 Å². The summed E-state index contributed by atoms with van der Waals surface area (Å²) in [6, 6.07) is 15.5. The van der Waals surface area contributed by atoms with Gasteiger partial charge in [-0.15, -0.1) is 0 Å². The van der Waals surface area contributed by atoms with Gasteiger partial charge in [0.1, 0.15) is 5.82 Å². The third-order valence-electron chi connectivity index (χ3n) is 8.26. The molecule has 0 amide bonds. The molecule has 0 aromatic heterocycles. The van der Waals surface area contributed by atoms with Crippen molar-refractivity contribution in [1.82, 2.24) is 0 Å². The summed E-state index contributed by atoms with van der Waals surface area (Å²) in [4.78, 5) is 0. The molecule has 214 valence electrons.